The molecule has 0 saturated heterocycles. The Bertz CT molecular complexity index is 913. The van der Waals surface area contributed by atoms with Crippen LogP contribution in [0.4, 0.5) is 0 Å². The second-order valence-corrected chi connectivity index (χ2v) is 9.98. The maximum atomic E-state index is 12.7. The molecular weight excluding hydrogens is 366 g/mol. The SMILES string of the molecule is CCOc1ccc(-c2n[nH]c(CC(=O)C(C)(C)S(=O)(=O)CC3CC3)n2)cc1. The molecule has 3 rings (SSSR count). The fraction of sp³-hybridized carbons (Fsp3) is 0.526. The van der Waals surface area contributed by atoms with E-state index in [1.165, 1.54) is 13.8 Å². The van der Waals surface area contributed by atoms with Crippen LogP contribution in [0.3, 0.4) is 0 Å². The number of ketones is 1. The van der Waals surface area contributed by atoms with E-state index in [0.29, 0.717) is 18.3 Å². The van der Waals surface area contributed by atoms with Gasteiger partial charge >= 0.3 is 0 Å². The Labute approximate surface area is 159 Å². The first-order valence-corrected chi connectivity index (χ1v) is 10.8. The first-order valence-electron chi connectivity index (χ1n) is 9.13. The second-order valence-electron chi connectivity index (χ2n) is 7.40. The lowest BCUT2D eigenvalue weighted by atomic mass is 10.1. The maximum Gasteiger partial charge on any atom is 0.181 e. The number of carbonyl (C=O) groups is 1. The van der Waals surface area contributed by atoms with Crippen LogP contribution < -0.4 is 4.74 Å². The molecule has 8 heteroatoms. The standard InChI is InChI=1S/C19H25N3O4S/c1-4-26-15-9-7-14(8-10-15)18-20-17(21-22-18)11-16(23)19(2,3)27(24,25)12-13-5-6-13/h7-10,13H,4-6,11-12H2,1-3H3,(H,20,21,22). The van der Waals surface area contributed by atoms with Gasteiger partial charge in [0.15, 0.2) is 21.4 Å². The number of rotatable bonds is 9. The van der Waals surface area contributed by atoms with Crippen molar-refractivity contribution in [3.8, 4) is 17.1 Å². The van der Waals surface area contributed by atoms with Crippen molar-refractivity contribution in [1.82, 2.24) is 15.2 Å². The molecule has 2 aromatic rings. The average Bonchev–Trinajstić information content (AvgIpc) is 3.29. The molecule has 7 nitrogen and oxygen atoms in total. The Balaban J connectivity index is 1.70. The van der Waals surface area contributed by atoms with E-state index < -0.39 is 14.6 Å². The van der Waals surface area contributed by atoms with Gasteiger partial charge in [-0.25, -0.2) is 13.4 Å². The van der Waals surface area contributed by atoms with Gasteiger partial charge in [0.05, 0.1) is 18.8 Å². The number of benzene rings is 1. The minimum Gasteiger partial charge on any atom is -0.494 e. The number of H-pyrrole nitrogens is 1. The van der Waals surface area contributed by atoms with Gasteiger partial charge in [0.2, 0.25) is 0 Å². The summed E-state index contributed by atoms with van der Waals surface area (Å²) in [7, 11) is -3.50. The molecule has 1 N–H and O–H groups in total. The van der Waals surface area contributed by atoms with Crippen molar-refractivity contribution in [2.24, 2.45) is 5.92 Å². The van der Waals surface area contributed by atoms with Gasteiger partial charge in [0.1, 0.15) is 16.3 Å². The summed E-state index contributed by atoms with van der Waals surface area (Å²) in [5.74, 6) is 1.49. The molecule has 1 saturated carbocycles. The number of aromatic nitrogens is 3. The molecule has 0 aliphatic heterocycles. The third kappa shape index (κ3) is 4.37. The molecule has 1 fully saturated rings. The van der Waals surface area contributed by atoms with Gasteiger partial charge in [0, 0.05) is 5.56 Å². The van der Waals surface area contributed by atoms with E-state index in [4.69, 9.17) is 4.74 Å². The van der Waals surface area contributed by atoms with Gasteiger partial charge in [-0.05, 0) is 63.8 Å². The Kier molecular flexibility index (Phi) is 5.37. The lowest BCUT2D eigenvalue weighted by Gasteiger charge is -2.22. The Morgan fingerprint density at radius 2 is 1.93 bits per heavy atom. The first kappa shape index (κ1) is 19.5. The third-order valence-corrected chi connectivity index (χ3v) is 7.58. The van der Waals surface area contributed by atoms with E-state index in [-0.39, 0.29) is 23.9 Å². The number of nitrogens with zero attached hydrogens (tertiary/aromatic N) is 2. The molecule has 0 unspecified atom stereocenters. The van der Waals surface area contributed by atoms with Gasteiger partial charge in [-0.15, -0.1) is 0 Å². The number of carbonyl (C=O) groups excluding carboxylic acids is 1. The topological polar surface area (TPSA) is 102 Å². The monoisotopic (exact) mass is 391 g/mol. The van der Waals surface area contributed by atoms with Gasteiger partial charge in [-0.1, -0.05) is 0 Å². The van der Waals surface area contributed by atoms with E-state index in [0.717, 1.165) is 24.2 Å². The van der Waals surface area contributed by atoms with Crippen LogP contribution in [0.5, 0.6) is 5.75 Å². The highest BCUT2D eigenvalue weighted by atomic mass is 32.2. The second kappa shape index (κ2) is 7.42. The average molecular weight is 391 g/mol. The largest absolute Gasteiger partial charge is 0.494 e. The lowest BCUT2D eigenvalue weighted by Crippen LogP contribution is -2.43. The van der Waals surface area contributed by atoms with Crippen LogP contribution in [-0.4, -0.2) is 46.5 Å². The smallest absolute Gasteiger partial charge is 0.181 e. The molecular formula is C19H25N3O4S. The summed E-state index contributed by atoms with van der Waals surface area (Å²) in [5, 5.41) is 6.88. The highest BCUT2D eigenvalue weighted by molar-refractivity contribution is 7.93. The molecule has 0 radical (unpaired) electrons. The van der Waals surface area contributed by atoms with Crippen LogP contribution in [0, 0.1) is 5.92 Å². The molecule has 1 aliphatic carbocycles. The summed E-state index contributed by atoms with van der Waals surface area (Å²) in [5.41, 5.74) is 0.786. The predicted molar refractivity (Wildman–Crippen MR) is 102 cm³/mol. The van der Waals surface area contributed by atoms with Crippen molar-refractivity contribution >= 4 is 15.6 Å². The number of sulfone groups is 1. The van der Waals surface area contributed by atoms with Gasteiger partial charge in [-0.3, -0.25) is 9.89 Å². The molecule has 1 aromatic carbocycles. The summed E-state index contributed by atoms with van der Waals surface area (Å²) in [6, 6.07) is 7.33. The molecule has 0 bridgehead atoms. The van der Waals surface area contributed by atoms with Crippen molar-refractivity contribution in [2.45, 2.75) is 44.8 Å². The van der Waals surface area contributed by atoms with Crippen molar-refractivity contribution in [3.05, 3.63) is 30.1 Å². The Hall–Kier alpha value is -2.22. The number of Topliss-reactive ketones (excluding diaryl/α,β-unsaturated/α-hetero) is 1. The Morgan fingerprint density at radius 3 is 2.52 bits per heavy atom. The van der Waals surface area contributed by atoms with Crippen LogP contribution in [0.2, 0.25) is 0 Å². The number of aromatic amines is 1. The number of nitrogens with one attached hydrogen (secondary N) is 1. The van der Waals surface area contributed by atoms with Gasteiger partial charge in [-0.2, -0.15) is 5.10 Å². The quantitative estimate of drug-likeness (QED) is 0.705. The fourth-order valence-corrected chi connectivity index (χ4v) is 4.50. The van der Waals surface area contributed by atoms with E-state index in [1.54, 1.807) is 0 Å². The lowest BCUT2D eigenvalue weighted by molar-refractivity contribution is -0.120. The van der Waals surface area contributed by atoms with E-state index in [2.05, 4.69) is 15.2 Å². The van der Waals surface area contributed by atoms with Crippen molar-refractivity contribution in [2.75, 3.05) is 12.4 Å². The zero-order chi connectivity index (χ0) is 19.7. The van der Waals surface area contributed by atoms with Crippen LogP contribution in [-0.2, 0) is 21.1 Å². The first-order chi connectivity index (χ1) is 12.7. The molecule has 1 heterocycles. The van der Waals surface area contributed by atoms with Gasteiger partial charge in [0.25, 0.3) is 0 Å². The number of hydrogen-bond donors (Lipinski definition) is 1. The summed E-state index contributed by atoms with van der Waals surface area (Å²) in [6.45, 7) is 5.47. The number of hydrogen-bond acceptors (Lipinski definition) is 6. The minimum absolute atomic E-state index is 0.0829. The highest BCUT2D eigenvalue weighted by Crippen LogP contribution is 2.34. The summed E-state index contributed by atoms with van der Waals surface area (Å²) in [4.78, 5) is 17.0. The van der Waals surface area contributed by atoms with E-state index in [9.17, 15) is 13.2 Å². The number of ether oxygens (including phenoxy) is 1. The normalized spacial score (nSPS) is 14.9. The molecule has 0 spiro atoms. The highest BCUT2D eigenvalue weighted by Gasteiger charge is 2.44. The summed E-state index contributed by atoms with van der Waals surface area (Å²) < 4.78 is 29.1. The third-order valence-electron chi connectivity index (χ3n) is 4.88. The molecule has 27 heavy (non-hydrogen) atoms. The van der Waals surface area contributed by atoms with Crippen molar-refractivity contribution in [3.63, 3.8) is 0 Å². The zero-order valence-electron chi connectivity index (χ0n) is 15.9. The minimum atomic E-state index is -3.50. The summed E-state index contributed by atoms with van der Waals surface area (Å²) in [6.07, 6.45) is 1.76. The fourth-order valence-electron chi connectivity index (χ4n) is 2.71. The Morgan fingerprint density at radius 1 is 1.26 bits per heavy atom. The summed E-state index contributed by atoms with van der Waals surface area (Å²) >= 11 is 0. The van der Waals surface area contributed by atoms with Gasteiger partial charge < -0.3 is 4.74 Å². The molecule has 0 atom stereocenters. The van der Waals surface area contributed by atoms with Crippen LogP contribution in [0.1, 0.15) is 39.4 Å². The zero-order valence-corrected chi connectivity index (χ0v) is 16.7. The molecule has 146 valence electrons. The predicted octanol–water partition coefficient (Wildman–Crippen LogP) is 2.59. The van der Waals surface area contributed by atoms with Crippen LogP contribution in [0.15, 0.2) is 24.3 Å². The molecule has 1 aromatic heterocycles. The van der Waals surface area contributed by atoms with E-state index >= 15 is 0 Å². The molecule has 0 amide bonds. The molecule has 1 aliphatic rings. The van der Waals surface area contributed by atoms with E-state index in [1.807, 2.05) is 31.2 Å². The van der Waals surface area contributed by atoms with Crippen LogP contribution >= 0.6 is 0 Å². The maximum absolute atomic E-state index is 12.7. The van der Waals surface area contributed by atoms with Crippen molar-refractivity contribution in [1.29, 1.82) is 0 Å². The van der Waals surface area contributed by atoms with Crippen LogP contribution in [0.25, 0.3) is 11.4 Å². The van der Waals surface area contributed by atoms with Crippen molar-refractivity contribution < 1.29 is 17.9 Å².